The van der Waals surface area contributed by atoms with Crippen molar-refractivity contribution in [2.45, 2.75) is 71.5 Å². The number of hydrogen-bond acceptors (Lipinski definition) is 1. The van der Waals surface area contributed by atoms with E-state index in [-0.39, 0.29) is 10.7 Å². The van der Waals surface area contributed by atoms with Crippen LogP contribution in [-0.4, -0.2) is 10.7 Å². The topological polar surface area (TPSA) is 12.4 Å². The van der Waals surface area contributed by atoms with Gasteiger partial charge in [-0.25, -0.2) is 0 Å². The summed E-state index contributed by atoms with van der Waals surface area (Å²) >= 11 is 0. The fourth-order valence-electron chi connectivity index (χ4n) is 4.64. The Morgan fingerprint density at radius 2 is 1.04 bits per heavy atom. The van der Waals surface area contributed by atoms with Gasteiger partial charge < -0.3 is 0 Å². The van der Waals surface area contributed by atoms with Crippen LogP contribution in [0.5, 0.6) is 0 Å². The lowest BCUT2D eigenvalue weighted by atomic mass is 9.99. The summed E-state index contributed by atoms with van der Waals surface area (Å²) in [7, 11) is -1.76. The van der Waals surface area contributed by atoms with E-state index >= 15 is 0 Å². The van der Waals surface area contributed by atoms with Crippen molar-refractivity contribution in [2.75, 3.05) is 0 Å². The molecular weight excluding hydrogens is 345 g/mol. The third kappa shape index (κ3) is 3.36. The summed E-state index contributed by atoms with van der Waals surface area (Å²) in [4.78, 5) is 0. The maximum Gasteiger partial charge on any atom is 0.0517 e. The van der Waals surface area contributed by atoms with E-state index in [1.54, 1.807) is 10.6 Å². The van der Waals surface area contributed by atoms with E-state index in [1.807, 2.05) is 0 Å². The van der Waals surface area contributed by atoms with Crippen molar-refractivity contribution in [1.29, 1.82) is 0 Å². The van der Waals surface area contributed by atoms with E-state index in [0.717, 1.165) is 0 Å². The Morgan fingerprint density at radius 1 is 0.667 bits per heavy atom. The lowest BCUT2D eigenvalue weighted by molar-refractivity contribution is 0.514. The van der Waals surface area contributed by atoms with Crippen molar-refractivity contribution in [1.82, 2.24) is 0 Å². The molecule has 0 amide bonds. The SMILES string of the molecule is CCC(CC)(CC)P1(=NC(C)(C)C)C(c2ccccc2)=C1c1ccccc1. The summed E-state index contributed by atoms with van der Waals surface area (Å²) in [5.74, 6) is 0. The van der Waals surface area contributed by atoms with E-state index < -0.39 is 7.05 Å². The van der Waals surface area contributed by atoms with Crippen LogP contribution in [0.3, 0.4) is 0 Å². The summed E-state index contributed by atoms with van der Waals surface area (Å²) in [6, 6.07) is 22.0. The maximum atomic E-state index is 5.69. The van der Waals surface area contributed by atoms with Crippen LogP contribution in [0.2, 0.25) is 0 Å². The van der Waals surface area contributed by atoms with Crippen LogP contribution in [0.4, 0.5) is 0 Å². The van der Waals surface area contributed by atoms with Crippen molar-refractivity contribution >= 4 is 17.7 Å². The number of hydrogen-bond donors (Lipinski definition) is 0. The summed E-state index contributed by atoms with van der Waals surface area (Å²) < 4.78 is 5.69. The van der Waals surface area contributed by atoms with Crippen LogP contribution in [-0.2, 0) is 0 Å². The summed E-state index contributed by atoms with van der Waals surface area (Å²) in [6.07, 6.45) is 3.54. The molecule has 2 aromatic carbocycles. The first-order valence-electron chi connectivity index (χ1n) is 10.3. The van der Waals surface area contributed by atoms with Crippen molar-refractivity contribution in [3.05, 3.63) is 71.8 Å². The van der Waals surface area contributed by atoms with E-state index in [4.69, 9.17) is 4.74 Å². The Hall–Kier alpha value is -1.59. The molecule has 27 heavy (non-hydrogen) atoms. The Labute approximate surface area is 166 Å². The van der Waals surface area contributed by atoms with E-state index in [0.29, 0.717) is 0 Å². The fraction of sp³-hybridized carbons (Fsp3) is 0.440. The van der Waals surface area contributed by atoms with Crippen LogP contribution in [0.25, 0.3) is 10.6 Å². The largest absolute Gasteiger partial charge is 0.288 e. The van der Waals surface area contributed by atoms with Gasteiger partial charge in [-0.3, -0.25) is 4.74 Å². The molecule has 1 aliphatic heterocycles. The van der Waals surface area contributed by atoms with E-state index in [2.05, 4.69) is 102 Å². The Morgan fingerprint density at radius 3 is 1.33 bits per heavy atom. The minimum absolute atomic E-state index is 0.0465. The van der Waals surface area contributed by atoms with Crippen LogP contribution in [0, 0.1) is 0 Å². The molecule has 0 radical (unpaired) electrons. The molecule has 0 unspecified atom stereocenters. The standard InChI is InChI=1S/C25H34NP/c1-7-25(8-2,9-3)27(26-24(4,5)6)22(20-16-12-10-13-17-20)23(27)21-18-14-11-15-19-21/h10-19H,7-9H2,1-6H3. The second kappa shape index (κ2) is 7.44. The molecule has 0 N–H and O–H groups in total. The van der Waals surface area contributed by atoms with Crippen LogP contribution in [0.1, 0.15) is 71.9 Å². The molecule has 0 bridgehead atoms. The molecule has 0 aliphatic carbocycles. The fourth-order valence-corrected chi connectivity index (χ4v) is 10.3. The van der Waals surface area contributed by atoms with Gasteiger partial charge in [0.15, 0.2) is 0 Å². The molecule has 2 aromatic rings. The first-order valence-corrected chi connectivity index (χ1v) is 12.1. The number of rotatable bonds is 6. The first-order chi connectivity index (χ1) is 12.8. The van der Waals surface area contributed by atoms with Crippen LogP contribution in [0.15, 0.2) is 65.4 Å². The van der Waals surface area contributed by atoms with Crippen LogP contribution < -0.4 is 0 Å². The number of nitrogens with zero attached hydrogens (tertiary/aromatic N) is 1. The molecule has 2 heteroatoms. The van der Waals surface area contributed by atoms with Gasteiger partial charge in [-0.05, 0) is 51.2 Å². The first kappa shape index (κ1) is 20.2. The molecule has 144 valence electrons. The smallest absolute Gasteiger partial charge is 0.0517 e. The highest BCUT2D eigenvalue weighted by Crippen LogP contribution is 2.94. The van der Waals surface area contributed by atoms with Gasteiger partial charge in [0, 0.05) is 22.8 Å². The summed E-state index contributed by atoms with van der Waals surface area (Å²) in [5.41, 5.74) is 2.70. The molecule has 1 aliphatic rings. The average molecular weight is 380 g/mol. The monoisotopic (exact) mass is 379 g/mol. The third-order valence-electron chi connectivity index (χ3n) is 6.03. The zero-order valence-electron chi connectivity index (χ0n) is 17.8. The van der Waals surface area contributed by atoms with E-state index in [1.165, 1.54) is 30.4 Å². The van der Waals surface area contributed by atoms with Gasteiger partial charge in [-0.2, -0.15) is 0 Å². The van der Waals surface area contributed by atoms with Gasteiger partial charge in [0.1, 0.15) is 0 Å². The highest BCUT2D eigenvalue weighted by molar-refractivity contribution is 7.97. The van der Waals surface area contributed by atoms with Crippen LogP contribution >= 0.6 is 7.05 Å². The van der Waals surface area contributed by atoms with Crippen molar-refractivity contribution in [2.24, 2.45) is 4.74 Å². The Balaban J connectivity index is 2.36. The normalized spacial score (nSPS) is 16.4. The van der Waals surface area contributed by atoms with Gasteiger partial charge in [-0.15, -0.1) is 0 Å². The zero-order valence-corrected chi connectivity index (χ0v) is 18.7. The quantitative estimate of drug-likeness (QED) is 0.446. The molecule has 0 spiro atoms. The maximum absolute atomic E-state index is 5.69. The van der Waals surface area contributed by atoms with Gasteiger partial charge in [0.25, 0.3) is 0 Å². The van der Waals surface area contributed by atoms with Gasteiger partial charge in [0.2, 0.25) is 0 Å². The lowest BCUT2D eigenvalue weighted by Gasteiger charge is -2.38. The second-order valence-electron chi connectivity index (χ2n) is 8.62. The molecule has 1 heterocycles. The zero-order chi connectivity index (χ0) is 19.7. The molecule has 0 fully saturated rings. The third-order valence-corrected chi connectivity index (χ3v) is 11.3. The predicted molar refractivity (Wildman–Crippen MR) is 122 cm³/mol. The lowest BCUT2D eigenvalue weighted by Crippen LogP contribution is -2.25. The van der Waals surface area contributed by atoms with Crippen molar-refractivity contribution in [3.63, 3.8) is 0 Å². The number of benzene rings is 2. The minimum Gasteiger partial charge on any atom is -0.288 e. The molecule has 0 saturated carbocycles. The van der Waals surface area contributed by atoms with Gasteiger partial charge in [-0.1, -0.05) is 81.4 Å². The van der Waals surface area contributed by atoms with Gasteiger partial charge in [0.05, 0.1) is 5.54 Å². The molecule has 0 saturated heterocycles. The Bertz CT molecular complexity index is 804. The molecule has 0 atom stereocenters. The molecule has 0 aromatic heterocycles. The van der Waals surface area contributed by atoms with Crippen molar-refractivity contribution < 1.29 is 0 Å². The highest BCUT2D eigenvalue weighted by atomic mass is 31.2. The van der Waals surface area contributed by atoms with Crippen molar-refractivity contribution in [3.8, 4) is 0 Å². The molecule has 3 rings (SSSR count). The summed E-state index contributed by atoms with van der Waals surface area (Å²) in [6.45, 7) is 13.9. The average Bonchev–Trinajstić information content (AvgIpc) is 3.32. The minimum atomic E-state index is -1.76. The van der Waals surface area contributed by atoms with E-state index in [9.17, 15) is 0 Å². The Kier molecular flexibility index (Phi) is 5.55. The predicted octanol–water partition coefficient (Wildman–Crippen LogP) is 8.49. The molecular formula is C25H34NP. The van der Waals surface area contributed by atoms with Gasteiger partial charge >= 0.3 is 0 Å². The summed E-state index contributed by atoms with van der Waals surface area (Å²) in [5, 5.41) is 3.36. The second-order valence-corrected chi connectivity index (χ2v) is 11.9. The molecule has 1 nitrogen and oxygen atoms in total. The highest BCUT2D eigenvalue weighted by Gasteiger charge is 2.58.